The maximum atomic E-state index is 7.48. The SMILES string of the molecule is CN1[C@H](c2ccccc2)[C@@H](c2ccccc2)N(C)P1(=[Se])O[C@@H]1CCCC[C@H]1C(C)(C)c1ccc2ccccc2c1. The summed E-state index contributed by atoms with van der Waals surface area (Å²) < 4.78 is 12.6. The molecule has 0 amide bonds. The number of hydrogen-bond donors (Lipinski definition) is 0. The molecule has 2 aliphatic rings. The number of benzene rings is 4. The van der Waals surface area contributed by atoms with Crippen LogP contribution in [0.2, 0.25) is 0 Å². The van der Waals surface area contributed by atoms with Crippen LogP contribution in [0.1, 0.15) is 68.3 Å². The molecule has 0 bridgehead atoms. The van der Waals surface area contributed by atoms with E-state index in [9.17, 15) is 0 Å². The second-order valence-corrected chi connectivity index (χ2v) is 17.6. The molecule has 1 saturated heterocycles. The molecular formula is C35H41N2OPSe. The molecule has 3 nitrogen and oxygen atoms in total. The van der Waals surface area contributed by atoms with Crippen LogP contribution < -0.4 is 0 Å². The second kappa shape index (κ2) is 11.3. The first kappa shape index (κ1) is 28.1. The monoisotopic (exact) mass is 616 g/mol. The first-order valence-electron chi connectivity index (χ1n) is 14.6. The Morgan fingerprint density at radius 3 is 1.82 bits per heavy atom. The molecule has 0 spiro atoms. The van der Waals surface area contributed by atoms with Crippen LogP contribution in [0.4, 0.5) is 0 Å². The van der Waals surface area contributed by atoms with Gasteiger partial charge >= 0.3 is 249 Å². The van der Waals surface area contributed by atoms with Crippen molar-refractivity contribution in [2.45, 2.75) is 63.1 Å². The Morgan fingerprint density at radius 2 is 1.23 bits per heavy atom. The summed E-state index contributed by atoms with van der Waals surface area (Å²) >= 11 is 3.68. The zero-order valence-electron chi connectivity index (χ0n) is 24.1. The summed E-state index contributed by atoms with van der Waals surface area (Å²) in [6.07, 6.45) is 5.00. The van der Waals surface area contributed by atoms with Gasteiger partial charge in [-0.25, -0.2) is 0 Å². The van der Waals surface area contributed by atoms with E-state index in [-0.39, 0.29) is 23.6 Å². The Kier molecular flexibility index (Phi) is 7.96. The van der Waals surface area contributed by atoms with Crippen molar-refractivity contribution in [1.82, 2.24) is 9.34 Å². The van der Waals surface area contributed by atoms with Crippen LogP contribution in [0.5, 0.6) is 0 Å². The fraction of sp³-hybridized carbons (Fsp3) is 0.371. The van der Waals surface area contributed by atoms with E-state index in [1.807, 2.05) is 0 Å². The Bertz CT molecular complexity index is 1450. The molecule has 1 aliphatic heterocycles. The predicted molar refractivity (Wildman–Crippen MR) is 170 cm³/mol. The minimum atomic E-state index is -2.21. The van der Waals surface area contributed by atoms with Crippen molar-refractivity contribution in [3.8, 4) is 0 Å². The van der Waals surface area contributed by atoms with Gasteiger partial charge in [-0.3, -0.25) is 0 Å². The molecule has 6 rings (SSSR count). The van der Waals surface area contributed by atoms with Crippen molar-refractivity contribution in [2.24, 2.45) is 5.92 Å². The van der Waals surface area contributed by atoms with Gasteiger partial charge in [0.05, 0.1) is 0 Å². The number of nitrogens with zero attached hydrogens (tertiary/aromatic N) is 2. The number of hydrogen-bond acceptors (Lipinski definition) is 3. The van der Waals surface area contributed by atoms with E-state index in [4.69, 9.17) is 4.52 Å². The van der Waals surface area contributed by atoms with Crippen LogP contribution >= 0.6 is 6.04 Å². The van der Waals surface area contributed by atoms with Gasteiger partial charge in [0.1, 0.15) is 0 Å². The van der Waals surface area contributed by atoms with Gasteiger partial charge < -0.3 is 0 Å². The van der Waals surface area contributed by atoms with E-state index in [0.29, 0.717) is 5.92 Å². The summed E-state index contributed by atoms with van der Waals surface area (Å²) in [5.74, 6) is 0.445. The van der Waals surface area contributed by atoms with Gasteiger partial charge in [0.2, 0.25) is 0 Å². The van der Waals surface area contributed by atoms with E-state index >= 15 is 0 Å². The van der Waals surface area contributed by atoms with Crippen molar-refractivity contribution in [2.75, 3.05) is 14.1 Å². The normalized spacial score (nSPS) is 25.8. The molecule has 0 N–H and O–H groups in total. The Labute approximate surface area is 248 Å². The maximum absolute atomic E-state index is 7.48. The van der Waals surface area contributed by atoms with Crippen LogP contribution in [0.3, 0.4) is 0 Å². The summed E-state index contributed by atoms with van der Waals surface area (Å²) in [5, 5.41) is 2.63. The molecule has 4 aromatic rings. The first-order chi connectivity index (χ1) is 19.3. The van der Waals surface area contributed by atoms with Crippen molar-refractivity contribution >= 4 is 31.9 Å². The van der Waals surface area contributed by atoms with Gasteiger partial charge in [0, 0.05) is 0 Å². The average Bonchev–Trinajstić information content (AvgIpc) is 3.18. The van der Waals surface area contributed by atoms with Gasteiger partial charge in [-0.1, -0.05) is 0 Å². The zero-order chi connectivity index (χ0) is 27.9. The number of fused-ring (bicyclic) bond motifs is 1. The first-order valence-corrected chi connectivity index (χ1v) is 18.5. The fourth-order valence-corrected chi connectivity index (χ4v) is 11.7. The molecule has 0 unspecified atom stereocenters. The zero-order valence-corrected chi connectivity index (χ0v) is 26.7. The molecule has 1 aliphatic carbocycles. The second-order valence-electron chi connectivity index (χ2n) is 12.2. The van der Waals surface area contributed by atoms with Crippen molar-refractivity contribution < 1.29 is 4.52 Å². The predicted octanol–water partition coefficient (Wildman–Crippen LogP) is 8.90. The molecule has 40 heavy (non-hydrogen) atoms. The van der Waals surface area contributed by atoms with Gasteiger partial charge in [-0.05, 0) is 0 Å². The third-order valence-electron chi connectivity index (χ3n) is 9.58. The number of rotatable bonds is 6. The molecule has 208 valence electrons. The molecular weight excluding hydrogens is 574 g/mol. The summed E-state index contributed by atoms with van der Waals surface area (Å²) in [6, 6.07) is 35.9. The third-order valence-corrected chi connectivity index (χ3v) is 16.0. The van der Waals surface area contributed by atoms with Crippen molar-refractivity contribution in [3.63, 3.8) is 0 Å². The van der Waals surface area contributed by atoms with Gasteiger partial charge in [-0.15, -0.1) is 0 Å². The van der Waals surface area contributed by atoms with Crippen LogP contribution in [0.15, 0.2) is 103 Å². The third kappa shape index (κ3) is 4.98. The van der Waals surface area contributed by atoms with Crippen molar-refractivity contribution in [1.29, 1.82) is 0 Å². The molecule has 1 saturated carbocycles. The van der Waals surface area contributed by atoms with Crippen LogP contribution in [0.25, 0.3) is 10.8 Å². The summed E-state index contributed by atoms with van der Waals surface area (Å²) in [4.78, 5) is 0. The fourth-order valence-electron chi connectivity index (χ4n) is 7.22. The topological polar surface area (TPSA) is 15.7 Å². The molecule has 0 radical (unpaired) electrons. The van der Waals surface area contributed by atoms with Crippen LogP contribution in [0, 0.1) is 5.92 Å². The molecule has 2 fully saturated rings. The summed E-state index contributed by atoms with van der Waals surface area (Å²) in [7, 11) is 4.54. The van der Waals surface area contributed by atoms with E-state index in [0.717, 1.165) is 6.42 Å². The molecule has 5 heteroatoms. The summed E-state index contributed by atoms with van der Waals surface area (Å²) in [6.45, 7) is 4.88. The molecule has 4 aromatic carbocycles. The van der Waals surface area contributed by atoms with E-state index in [1.54, 1.807) is 0 Å². The van der Waals surface area contributed by atoms with Crippen LogP contribution in [-0.2, 0) is 9.94 Å². The van der Waals surface area contributed by atoms with Crippen molar-refractivity contribution in [3.05, 3.63) is 120 Å². The molecule has 4 atom stereocenters. The van der Waals surface area contributed by atoms with Crippen LogP contribution in [-0.4, -0.2) is 44.6 Å². The number of likely N-dealkylation sites (N-methyl/N-ethyl adjacent to an activating group) is 2. The average molecular weight is 616 g/mol. The van der Waals surface area contributed by atoms with E-state index < -0.39 is 6.04 Å². The molecule has 0 aromatic heterocycles. The van der Waals surface area contributed by atoms with Gasteiger partial charge in [-0.2, -0.15) is 0 Å². The quantitative estimate of drug-likeness (QED) is 0.159. The standard InChI is InChI=1S/C35H41N2OPSe/c1-35(2,30-24-23-26-15-11-12-20-29(26)25-30)31-21-13-14-22-32(31)38-39(40)36(3)33(27-16-7-5-8-17-27)34(37(39)4)28-18-9-6-10-19-28/h5-12,15-20,23-25,31-34H,13-14,21-22H2,1-4H3/t31-,32-,33-,34-/m1/s1. The van der Waals surface area contributed by atoms with Gasteiger partial charge in [0.25, 0.3) is 0 Å². The Morgan fingerprint density at radius 1 is 0.700 bits per heavy atom. The Hall–Kier alpha value is -2.03. The van der Waals surface area contributed by atoms with Gasteiger partial charge in [0.15, 0.2) is 0 Å². The van der Waals surface area contributed by atoms with E-state index in [2.05, 4.69) is 156 Å². The van der Waals surface area contributed by atoms with E-state index in [1.165, 1.54) is 46.7 Å². The minimum absolute atomic E-state index is 0.00279. The molecule has 1 heterocycles. The summed E-state index contributed by atoms with van der Waals surface area (Å²) in [5.41, 5.74) is 4.09. The Balaban J connectivity index is 1.35.